The Morgan fingerprint density at radius 3 is 2.71 bits per heavy atom. The van der Waals surface area contributed by atoms with Crippen molar-refractivity contribution in [2.24, 2.45) is 0 Å². The molecule has 7 heteroatoms. The van der Waals surface area contributed by atoms with Crippen molar-refractivity contribution in [3.8, 4) is 0 Å². The van der Waals surface area contributed by atoms with Gasteiger partial charge in [-0.2, -0.15) is 0 Å². The van der Waals surface area contributed by atoms with Crippen molar-refractivity contribution in [3.63, 3.8) is 0 Å². The Labute approximate surface area is 143 Å². The molecule has 0 unspecified atom stereocenters. The van der Waals surface area contributed by atoms with Crippen LogP contribution in [0.2, 0.25) is 5.02 Å². The average Bonchev–Trinajstić information content (AvgIpc) is 2.93. The number of halogens is 2. The van der Waals surface area contributed by atoms with Crippen LogP contribution in [0.25, 0.3) is 0 Å². The van der Waals surface area contributed by atoms with Crippen LogP contribution in [0.3, 0.4) is 0 Å². The summed E-state index contributed by atoms with van der Waals surface area (Å²) in [7, 11) is 0. The molecule has 24 heavy (non-hydrogen) atoms. The minimum Gasteiger partial charge on any atom is -0.320 e. The van der Waals surface area contributed by atoms with Crippen molar-refractivity contribution in [2.75, 3.05) is 5.32 Å². The first kappa shape index (κ1) is 16.1. The summed E-state index contributed by atoms with van der Waals surface area (Å²) in [6.45, 7) is 2.30. The summed E-state index contributed by atoms with van der Waals surface area (Å²) in [5.74, 6) is -0.964. The monoisotopic (exact) mass is 344 g/mol. The van der Waals surface area contributed by atoms with E-state index < -0.39 is 11.7 Å². The first-order valence-corrected chi connectivity index (χ1v) is 7.63. The molecule has 0 aliphatic heterocycles. The molecule has 0 radical (unpaired) electrons. The lowest BCUT2D eigenvalue weighted by Crippen LogP contribution is -2.14. The molecule has 5 nitrogen and oxygen atoms in total. The molecule has 0 spiro atoms. The van der Waals surface area contributed by atoms with Crippen LogP contribution in [0.15, 0.2) is 48.5 Å². The lowest BCUT2D eigenvalue weighted by molar-refractivity contribution is 0.102. The highest BCUT2D eigenvalue weighted by Gasteiger charge is 2.17. The van der Waals surface area contributed by atoms with Crippen LogP contribution in [0.1, 0.15) is 21.7 Å². The molecule has 1 N–H and O–H groups in total. The smallest absolute Gasteiger partial charge is 0.278 e. The first-order chi connectivity index (χ1) is 11.5. The fraction of sp³-hybridized carbons (Fsp3) is 0.118. The van der Waals surface area contributed by atoms with Crippen molar-refractivity contribution in [1.82, 2.24) is 15.0 Å². The Morgan fingerprint density at radius 1 is 1.25 bits per heavy atom. The number of nitrogens with zero attached hydrogens (tertiary/aromatic N) is 3. The van der Waals surface area contributed by atoms with Gasteiger partial charge < -0.3 is 5.32 Å². The highest BCUT2D eigenvalue weighted by molar-refractivity contribution is 6.31. The predicted octanol–water partition coefficient (Wildman–Crippen LogP) is 3.68. The summed E-state index contributed by atoms with van der Waals surface area (Å²) >= 11 is 5.71. The van der Waals surface area contributed by atoms with Gasteiger partial charge in [0.05, 0.1) is 17.3 Å². The Balaban J connectivity index is 1.77. The minimum atomic E-state index is -0.542. The van der Waals surface area contributed by atoms with E-state index in [4.69, 9.17) is 11.6 Å². The first-order valence-electron chi connectivity index (χ1n) is 7.25. The fourth-order valence-electron chi connectivity index (χ4n) is 2.24. The van der Waals surface area contributed by atoms with Gasteiger partial charge in [-0.3, -0.25) is 4.79 Å². The fourth-order valence-corrected chi connectivity index (χ4v) is 2.42. The zero-order valence-corrected chi connectivity index (χ0v) is 13.6. The van der Waals surface area contributed by atoms with Crippen LogP contribution in [0.5, 0.6) is 0 Å². The third kappa shape index (κ3) is 3.44. The van der Waals surface area contributed by atoms with Crippen molar-refractivity contribution >= 4 is 23.2 Å². The summed E-state index contributed by atoms with van der Waals surface area (Å²) in [5, 5.41) is 10.5. The molecule has 3 rings (SSSR count). The van der Waals surface area contributed by atoms with Crippen molar-refractivity contribution in [2.45, 2.75) is 13.5 Å². The molecule has 1 amide bonds. The third-order valence-corrected chi connectivity index (χ3v) is 3.84. The molecule has 0 atom stereocenters. The second kappa shape index (κ2) is 6.80. The topological polar surface area (TPSA) is 59.8 Å². The number of aromatic nitrogens is 3. The normalized spacial score (nSPS) is 10.6. The number of anilines is 1. The second-order valence-electron chi connectivity index (χ2n) is 5.25. The van der Waals surface area contributed by atoms with E-state index in [1.807, 2.05) is 30.3 Å². The van der Waals surface area contributed by atoms with E-state index in [1.165, 1.54) is 18.2 Å². The van der Waals surface area contributed by atoms with Gasteiger partial charge in [-0.05, 0) is 30.7 Å². The van der Waals surface area contributed by atoms with E-state index in [-0.39, 0.29) is 10.7 Å². The van der Waals surface area contributed by atoms with E-state index in [1.54, 1.807) is 11.6 Å². The zero-order valence-electron chi connectivity index (χ0n) is 12.8. The summed E-state index contributed by atoms with van der Waals surface area (Å²) < 4.78 is 14.8. The maximum Gasteiger partial charge on any atom is 0.278 e. The summed E-state index contributed by atoms with van der Waals surface area (Å²) in [6.07, 6.45) is 0. The molecule has 1 heterocycles. The number of carbonyl (C=O) groups is 1. The van der Waals surface area contributed by atoms with Gasteiger partial charge in [-0.15, -0.1) is 5.10 Å². The van der Waals surface area contributed by atoms with Gasteiger partial charge in [-0.1, -0.05) is 47.1 Å². The van der Waals surface area contributed by atoms with Gasteiger partial charge in [-0.25, -0.2) is 9.07 Å². The van der Waals surface area contributed by atoms with Crippen LogP contribution < -0.4 is 5.32 Å². The standard InChI is InChI=1S/C17H14ClFN4O/c1-11-16(17(24)20-13-7-8-15(19)14(18)9-13)21-22-23(11)10-12-5-3-2-4-6-12/h2-9H,10H2,1H3,(H,20,24). The SMILES string of the molecule is Cc1c(C(=O)Nc2ccc(F)c(Cl)c2)nnn1Cc1ccccc1. The Morgan fingerprint density at radius 2 is 2.00 bits per heavy atom. The van der Waals surface area contributed by atoms with Crippen LogP contribution in [-0.2, 0) is 6.54 Å². The van der Waals surface area contributed by atoms with Crippen molar-refractivity contribution in [3.05, 3.63) is 76.3 Å². The molecule has 0 aliphatic rings. The van der Waals surface area contributed by atoms with Crippen LogP contribution in [-0.4, -0.2) is 20.9 Å². The molecule has 0 saturated carbocycles. The Kier molecular flexibility index (Phi) is 4.57. The van der Waals surface area contributed by atoms with E-state index in [0.29, 0.717) is 17.9 Å². The minimum absolute atomic E-state index is 0.0581. The quantitative estimate of drug-likeness (QED) is 0.785. The van der Waals surface area contributed by atoms with Gasteiger partial charge in [0.25, 0.3) is 5.91 Å². The number of benzene rings is 2. The van der Waals surface area contributed by atoms with Gasteiger partial charge in [0.2, 0.25) is 0 Å². The van der Waals surface area contributed by atoms with Crippen LogP contribution in [0.4, 0.5) is 10.1 Å². The van der Waals surface area contributed by atoms with Gasteiger partial charge in [0.15, 0.2) is 5.69 Å². The molecular formula is C17H14ClFN4O. The number of hydrogen-bond acceptors (Lipinski definition) is 3. The van der Waals surface area contributed by atoms with Gasteiger partial charge >= 0.3 is 0 Å². The molecule has 0 bridgehead atoms. The van der Waals surface area contributed by atoms with Crippen LogP contribution >= 0.6 is 11.6 Å². The number of hydrogen-bond donors (Lipinski definition) is 1. The molecule has 2 aromatic carbocycles. The number of carbonyl (C=O) groups excluding carboxylic acids is 1. The van der Waals surface area contributed by atoms with Crippen LogP contribution in [0, 0.1) is 12.7 Å². The predicted molar refractivity (Wildman–Crippen MR) is 89.7 cm³/mol. The second-order valence-corrected chi connectivity index (χ2v) is 5.66. The molecular weight excluding hydrogens is 331 g/mol. The molecule has 1 aromatic heterocycles. The van der Waals surface area contributed by atoms with E-state index in [2.05, 4.69) is 15.6 Å². The highest BCUT2D eigenvalue weighted by Crippen LogP contribution is 2.20. The average molecular weight is 345 g/mol. The number of rotatable bonds is 4. The molecule has 0 saturated heterocycles. The largest absolute Gasteiger partial charge is 0.320 e. The lowest BCUT2D eigenvalue weighted by atomic mass is 10.2. The highest BCUT2D eigenvalue weighted by atomic mass is 35.5. The maximum atomic E-state index is 13.2. The summed E-state index contributed by atoms with van der Waals surface area (Å²) in [5.41, 5.74) is 2.31. The summed E-state index contributed by atoms with van der Waals surface area (Å²) in [4.78, 5) is 12.3. The van der Waals surface area contributed by atoms with Crippen molar-refractivity contribution in [1.29, 1.82) is 0 Å². The van der Waals surface area contributed by atoms with E-state index in [9.17, 15) is 9.18 Å². The number of nitrogens with one attached hydrogen (secondary N) is 1. The maximum absolute atomic E-state index is 13.2. The third-order valence-electron chi connectivity index (χ3n) is 3.55. The summed E-state index contributed by atoms with van der Waals surface area (Å²) in [6, 6.07) is 13.7. The Bertz CT molecular complexity index is 880. The van der Waals surface area contributed by atoms with E-state index in [0.717, 1.165) is 5.56 Å². The van der Waals surface area contributed by atoms with E-state index >= 15 is 0 Å². The lowest BCUT2D eigenvalue weighted by Gasteiger charge is -2.06. The molecule has 0 fully saturated rings. The van der Waals surface area contributed by atoms with Crippen molar-refractivity contribution < 1.29 is 9.18 Å². The molecule has 3 aromatic rings. The molecule has 122 valence electrons. The Hall–Kier alpha value is -2.73. The zero-order chi connectivity index (χ0) is 17.1. The molecule has 0 aliphatic carbocycles. The number of amides is 1. The van der Waals surface area contributed by atoms with Gasteiger partial charge in [0.1, 0.15) is 5.82 Å². The van der Waals surface area contributed by atoms with Gasteiger partial charge in [0, 0.05) is 5.69 Å².